The van der Waals surface area contributed by atoms with Crippen molar-refractivity contribution >= 4 is 27.5 Å². The van der Waals surface area contributed by atoms with Crippen molar-refractivity contribution < 1.29 is 17.6 Å². The highest BCUT2D eigenvalue weighted by atomic mass is 32.2. The smallest absolute Gasteiger partial charge is 0.299 e. The largest absolute Gasteiger partial charge is 0.312 e. The monoisotopic (exact) mass is 301 g/mol. The maximum Gasteiger partial charge on any atom is 0.299 e. The van der Waals surface area contributed by atoms with Gasteiger partial charge in [-0.15, -0.1) is 0 Å². The molecule has 1 heterocycles. The first-order valence-corrected chi connectivity index (χ1v) is 7.76. The highest BCUT2D eigenvalue weighted by Crippen LogP contribution is 2.33. The molecule has 1 aromatic carbocycles. The van der Waals surface area contributed by atoms with Crippen LogP contribution in [-0.4, -0.2) is 27.4 Å². The molecule has 2 N–H and O–H groups in total. The molecule has 2 rings (SSSR count). The van der Waals surface area contributed by atoms with Gasteiger partial charge < -0.3 is 4.90 Å². The van der Waals surface area contributed by atoms with E-state index in [1.54, 1.807) is 13.8 Å². The lowest BCUT2D eigenvalue weighted by Gasteiger charge is -2.16. The Morgan fingerprint density at radius 3 is 2.65 bits per heavy atom. The molecular formula is C12H16FN3O3S. The van der Waals surface area contributed by atoms with Gasteiger partial charge >= 0.3 is 0 Å². The maximum atomic E-state index is 14.0. The Kier molecular flexibility index (Phi) is 3.96. The summed E-state index contributed by atoms with van der Waals surface area (Å²) in [6.45, 7) is 4.07. The summed E-state index contributed by atoms with van der Waals surface area (Å²) in [4.78, 5) is 13.2. The molecule has 0 bridgehead atoms. The molecule has 8 heteroatoms. The second-order valence-corrected chi connectivity index (χ2v) is 5.88. The highest BCUT2D eigenvalue weighted by molar-refractivity contribution is 7.90. The summed E-state index contributed by atoms with van der Waals surface area (Å²) in [5, 5.41) is 0. The van der Waals surface area contributed by atoms with E-state index < -0.39 is 16.0 Å². The summed E-state index contributed by atoms with van der Waals surface area (Å²) in [6.07, 6.45) is 0.152. The molecule has 0 radical (unpaired) electrons. The Hall–Kier alpha value is -1.67. The lowest BCUT2D eigenvalue weighted by Crippen LogP contribution is -2.30. The second-order valence-electron chi connectivity index (χ2n) is 4.38. The van der Waals surface area contributed by atoms with Crippen LogP contribution in [-0.2, 0) is 21.4 Å². The van der Waals surface area contributed by atoms with Gasteiger partial charge in [-0.1, -0.05) is 6.92 Å². The van der Waals surface area contributed by atoms with Crippen LogP contribution in [0.1, 0.15) is 19.4 Å². The van der Waals surface area contributed by atoms with Gasteiger partial charge in [0.2, 0.25) is 5.91 Å². The molecular weight excluding hydrogens is 285 g/mol. The number of carbonyl (C=O) groups excluding carboxylic acids is 1. The first-order chi connectivity index (χ1) is 9.38. The number of nitrogens with zero attached hydrogens (tertiary/aromatic N) is 1. The Balaban J connectivity index is 2.36. The van der Waals surface area contributed by atoms with Gasteiger partial charge in [0.15, 0.2) is 0 Å². The number of hydrogen-bond donors (Lipinski definition) is 2. The first-order valence-electron chi connectivity index (χ1n) is 6.28. The summed E-state index contributed by atoms with van der Waals surface area (Å²) >= 11 is 0. The third-order valence-electron chi connectivity index (χ3n) is 3.00. The molecule has 0 aromatic heterocycles. The van der Waals surface area contributed by atoms with Gasteiger partial charge in [0.25, 0.3) is 10.2 Å². The Labute approximate surface area is 117 Å². The number of benzene rings is 1. The molecule has 1 aromatic rings. The molecule has 0 saturated heterocycles. The number of nitrogens with one attached hydrogen (secondary N) is 2. The maximum absolute atomic E-state index is 14.0. The fourth-order valence-electron chi connectivity index (χ4n) is 2.19. The van der Waals surface area contributed by atoms with Crippen LogP contribution < -0.4 is 14.3 Å². The van der Waals surface area contributed by atoms with Gasteiger partial charge in [0, 0.05) is 19.2 Å². The quantitative estimate of drug-likeness (QED) is 0.851. The lowest BCUT2D eigenvalue weighted by molar-refractivity contribution is -0.117. The van der Waals surface area contributed by atoms with Crippen molar-refractivity contribution in [2.75, 3.05) is 22.7 Å². The zero-order valence-electron chi connectivity index (χ0n) is 11.2. The standard InChI is InChI=1S/C12H16FN3O3S/c1-3-14-20(18,19)15-10-5-8-6-12(17)16(4-2)11(8)7-9(10)13/h5,7,14-15H,3-4,6H2,1-2H3. The number of rotatable bonds is 5. The van der Waals surface area contributed by atoms with E-state index in [-0.39, 0.29) is 24.6 Å². The topological polar surface area (TPSA) is 78.5 Å². The highest BCUT2D eigenvalue weighted by Gasteiger charge is 2.28. The number of amides is 1. The van der Waals surface area contributed by atoms with Crippen LogP contribution in [0, 0.1) is 5.82 Å². The van der Waals surface area contributed by atoms with Crippen molar-refractivity contribution in [1.29, 1.82) is 0 Å². The van der Waals surface area contributed by atoms with Crippen molar-refractivity contribution in [2.45, 2.75) is 20.3 Å². The summed E-state index contributed by atoms with van der Waals surface area (Å²) in [6, 6.07) is 2.56. The average Bonchev–Trinajstić information content (AvgIpc) is 2.64. The molecule has 0 unspecified atom stereocenters. The minimum absolute atomic E-state index is 0.117. The van der Waals surface area contributed by atoms with E-state index in [1.807, 2.05) is 0 Å². The molecule has 0 aliphatic carbocycles. The van der Waals surface area contributed by atoms with Crippen molar-refractivity contribution in [3.63, 3.8) is 0 Å². The van der Waals surface area contributed by atoms with E-state index in [9.17, 15) is 17.6 Å². The Morgan fingerprint density at radius 1 is 1.35 bits per heavy atom. The third-order valence-corrected chi connectivity index (χ3v) is 4.15. The average molecular weight is 301 g/mol. The van der Waals surface area contributed by atoms with E-state index in [1.165, 1.54) is 17.0 Å². The van der Waals surface area contributed by atoms with Crippen LogP contribution >= 0.6 is 0 Å². The van der Waals surface area contributed by atoms with Crippen LogP contribution in [0.4, 0.5) is 15.8 Å². The lowest BCUT2D eigenvalue weighted by atomic mass is 10.1. The van der Waals surface area contributed by atoms with E-state index in [4.69, 9.17) is 0 Å². The van der Waals surface area contributed by atoms with Crippen LogP contribution in [0.5, 0.6) is 0 Å². The van der Waals surface area contributed by atoms with Gasteiger partial charge in [-0.2, -0.15) is 13.1 Å². The summed E-state index contributed by atoms with van der Waals surface area (Å²) in [7, 11) is -3.80. The van der Waals surface area contributed by atoms with E-state index in [0.29, 0.717) is 17.8 Å². The number of hydrogen-bond acceptors (Lipinski definition) is 3. The van der Waals surface area contributed by atoms with Gasteiger partial charge in [0.1, 0.15) is 5.82 Å². The predicted molar refractivity (Wildman–Crippen MR) is 74.4 cm³/mol. The molecule has 6 nitrogen and oxygen atoms in total. The molecule has 20 heavy (non-hydrogen) atoms. The molecule has 0 spiro atoms. The minimum Gasteiger partial charge on any atom is -0.312 e. The first kappa shape index (κ1) is 14.7. The van der Waals surface area contributed by atoms with E-state index in [2.05, 4.69) is 9.44 Å². The van der Waals surface area contributed by atoms with Crippen molar-refractivity contribution in [1.82, 2.24) is 4.72 Å². The fraction of sp³-hybridized carbons (Fsp3) is 0.417. The van der Waals surface area contributed by atoms with Crippen molar-refractivity contribution in [2.24, 2.45) is 0 Å². The van der Waals surface area contributed by atoms with Gasteiger partial charge in [-0.25, -0.2) is 4.39 Å². The zero-order valence-corrected chi connectivity index (χ0v) is 12.1. The number of carbonyl (C=O) groups is 1. The Bertz CT molecular complexity index is 646. The molecule has 1 aliphatic heterocycles. The van der Waals surface area contributed by atoms with Crippen LogP contribution in [0.25, 0.3) is 0 Å². The summed E-state index contributed by atoms with van der Waals surface area (Å²) in [5.41, 5.74) is 0.962. The van der Waals surface area contributed by atoms with Crippen molar-refractivity contribution in [3.05, 3.63) is 23.5 Å². The molecule has 0 saturated carbocycles. The molecule has 0 atom stereocenters. The van der Waals surface area contributed by atoms with Crippen LogP contribution in [0.3, 0.4) is 0 Å². The number of halogens is 1. The molecule has 110 valence electrons. The van der Waals surface area contributed by atoms with E-state index in [0.717, 1.165) is 0 Å². The third kappa shape index (κ3) is 2.75. The second kappa shape index (κ2) is 5.37. The van der Waals surface area contributed by atoms with E-state index >= 15 is 0 Å². The number of anilines is 2. The number of likely N-dealkylation sites (N-methyl/N-ethyl adjacent to an activating group) is 1. The van der Waals surface area contributed by atoms with Crippen LogP contribution in [0.15, 0.2) is 12.1 Å². The summed E-state index contributed by atoms with van der Waals surface area (Å²) in [5.74, 6) is -0.827. The Morgan fingerprint density at radius 2 is 2.05 bits per heavy atom. The van der Waals surface area contributed by atoms with Gasteiger partial charge in [0.05, 0.1) is 17.8 Å². The van der Waals surface area contributed by atoms with Crippen molar-refractivity contribution in [3.8, 4) is 0 Å². The predicted octanol–water partition coefficient (Wildman–Crippen LogP) is 1.00. The molecule has 1 aliphatic rings. The van der Waals surface area contributed by atoms with Crippen LogP contribution in [0.2, 0.25) is 0 Å². The molecule has 0 fully saturated rings. The molecule has 1 amide bonds. The number of fused-ring (bicyclic) bond motifs is 1. The zero-order chi connectivity index (χ0) is 14.9. The fourth-order valence-corrected chi connectivity index (χ4v) is 3.09. The minimum atomic E-state index is -3.80. The van der Waals surface area contributed by atoms with Gasteiger partial charge in [-0.05, 0) is 18.6 Å². The normalized spacial score (nSPS) is 14.6. The van der Waals surface area contributed by atoms with Gasteiger partial charge in [-0.3, -0.25) is 9.52 Å². The summed E-state index contributed by atoms with van der Waals surface area (Å²) < 4.78 is 41.4. The SMILES string of the molecule is CCNS(=O)(=O)Nc1cc2c(cc1F)N(CC)C(=O)C2.